The number of hydrazine groups is 1. The van der Waals surface area contributed by atoms with Crippen LogP contribution < -0.4 is 22.3 Å². The van der Waals surface area contributed by atoms with E-state index in [9.17, 15) is 4.79 Å². The minimum atomic E-state index is -0.249. The number of hydrogen-bond acceptors (Lipinski definition) is 8. The van der Waals surface area contributed by atoms with Crippen molar-refractivity contribution in [2.24, 2.45) is 28.2 Å². The molecule has 2 aromatic carbocycles. The molecule has 1 heterocycles. The first-order chi connectivity index (χ1) is 18.3. The van der Waals surface area contributed by atoms with Gasteiger partial charge in [-0.1, -0.05) is 18.2 Å². The van der Waals surface area contributed by atoms with E-state index in [-0.39, 0.29) is 5.92 Å². The molecule has 0 aliphatic rings. The van der Waals surface area contributed by atoms with Crippen LogP contribution >= 0.6 is 23.1 Å². The van der Waals surface area contributed by atoms with Gasteiger partial charge < -0.3 is 21.2 Å². The SMILES string of the molecule is CN=C(N)N(C)C.CSc1cccc(N(N)/C(=C\N)CC(C=O)Cc2cc(-c3cccc(C#N)c3)cs2)c1. The van der Waals surface area contributed by atoms with Gasteiger partial charge in [0, 0.05) is 49.5 Å². The van der Waals surface area contributed by atoms with Crippen LogP contribution in [0.25, 0.3) is 11.1 Å². The van der Waals surface area contributed by atoms with Crippen LogP contribution in [-0.4, -0.2) is 44.5 Å². The molecule has 0 amide bonds. The summed E-state index contributed by atoms with van der Waals surface area (Å²) >= 11 is 3.24. The predicted molar refractivity (Wildman–Crippen MR) is 161 cm³/mol. The topological polar surface area (TPSA) is 138 Å². The first-order valence-corrected chi connectivity index (χ1v) is 13.9. The number of thiophene rings is 1. The smallest absolute Gasteiger partial charge is 0.190 e. The van der Waals surface area contributed by atoms with Crippen molar-refractivity contribution in [2.45, 2.75) is 17.7 Å². The molecule has 0 spiro atoms. The van der Waals surface area contributed by atoms with Crippen molar-refractivity contribution in [3.8, 4) is 17.2 Å². The van der Waals surface area contributed by atoms with Crippen LogP contribution in [0.3, 0.4) is 0 Å². The number of nitriles is 1. The Labute approximate surface area is 233 Å². The molecule has 38 heavy (non-hydrogen) atoms. The Hall–Kier alpha value is -3.78. The van der Waals surface area contributed by atoms with E-state index in [1.807, 2.05) is 62.8 Å². The van der Waals surface area contributed by atoms with Gasteiger partial charge in [-0.3, -0.25) is 10.0 Å². The van der Waals surface area contributed by atoms with Crippen molar-refractivity contribution >= 4 is 41.0 Å². The highest BCUT2D eigenvalue weighted by molar-refractivity contribution is 7.98. The number of nitrogens with zero attached hydrogens (tertiary/aromatic N) is 4. The van der Waals surface area contributed by atoms with E-state index in [1.165, 1.54) is 6.20 Å². The number of thioether (sulfide) groups is 1. The molecule has 1 atom stereocenters. The van der Waals surface area contributed by atoms with Gasteiger partial charge in [-0.05, 0) is 65.6 Å². The minimum Gasteiger partial charge on any atom is -0.403 e. The van der Waals surface area contributed by atoms with Crippen molar-refractivity contribution in [1.82, 2.24) is 4.90 Å². The van der Waals surface area contributed by atoms with Gasteiger partial charge in [0.2, 0.25) is 0 Å². The minimum absolute atomic E-state index is 0.249. The number of aldehydes is 1. The molecule has 0 aliphatic carbocycles. The maximum Gasteiger partial charge on any atom is 0.190 e. The summed E-state index contributed by atoms with van der Waals surface area (Å²) in [4.78, 5) is 19.5. The molecule has 0 saturated carbocycles. The van der Waals surface area contributed by atoms with E-state index in [1.54, 1.807) is 46.1 Å². The van der Waals surface area contributed by atoms with Crippen LogP contribution in [0.5, 0.6) is 0 Å². The molecule has 1 unspecified atom stereocenters. The summed E-state index contributed by atoms with van der Waals surface area (Å²) in [7, 11) is 5.36. The summed E-state index contributed by atoms with van der Waals surface area (Å²) in [6.07, 6.45) is 5.48. The lowest BCUT2D eigenvalue weighted by Gasteiger charge is -2.24. The number of rotatable bonds is 9. The van der Waals surface area contributed by atoms with Crippen LogP contribution in [0, 0.1) is 17.2 Å². The van der Waals surface area contributed by atoms with Crippen LogP contribution in [0.2, 0.25) is 0 Å². The molecule has 0 radical (unpaired) electrons. The van der Waals surface area contributed by atoms with Gasteiger partial charge in [-0.2, -0.15) is 5.26 Å². The van der Waals surface area contributed by atoms with Crippen molar-refractivity contribution in [2.75, 3.05) is 32.4 Å². The third kappa shape index (κ3) is 8.95. The second-order valence-electron chi connectivity index (χ2n) is 8.50. The predicted octanol–water partition coefficient (Wildman–Crippen LogP) is 4.43. The van der Waals surface area contributed by atoms with E-state index in [4.69, 9.17) is 22.6 Å². The van der Waals surface area contributed by atoms with E-state index in [0.29, 0.717) is 30.1 Å². The van der Waals surface area contributed by atoms with Gasteiger partial charge in [0.15, 0.2) is 5.96 Å². The third-order valence-electron chi connectivity index (χ3n) is 5.63. The molecular weight excluding hydrogens is 514 g/mol. The summed E-state index contributed by atoms with van der Waals surface area (Å²) < 4.78 is 0. The van der Waals surface area contributed by atoms with Gasteiger partial charge in [-0.15, -0.1) is 23.1 Å². The van der Waals surface area contributed by atoms with Crippen molar-refractivity contribution in [3.05, 3.63) is 82.3 Å². The van der Waals surface area contributed by atoms with Crippen LogP contribution in [0.15, 0.2) is 81.8 Å². The number of benzene rings is 2. The molecule has 10 heteroatoms. The second kappa shape index (κ2) is 15.5. The fourth-order valence-corrected chi connectivity index (χ4v) is 4.92. The molecule has 3 rings (SSSR count). The number of carbonyl (C=O) groups is 1. The standard InChI is InChI=1S/C24H24N4OS2.C4H11N3/c1-30-23-7-3-6-21(12-23)28(27)22(14-26)9-18(15-29)10-24-11-20(16-31-24)19-5-2-4-17(8-19)13-25;1-6-4(5)7(2)3/h2-8,11-12,14-16,18H,9-10,26-27H2,1H3;1-3H3,(H2,5,6)/b22-14-;. The van der Waals surface area contributed by atoms with E-state index in [2.05, 4.69) is 22.5 Å². The largest absolute Gasteiger partial charge is 0.403 e. The summed E-state index contributed by atoms with van der Waals surface area (Å²) in [5.74, 6) is 6.62. The van der Waals surface area contributed by atoms with Crippen LogP contribution in [-0.2, 0) is 11.2 Å². The molecule has 0 aliphatic heterocycles. The maximum atomic E-state index is 11.8. The zero-order chi connectivity index (χ0) is 28.1. The quantitative estimate of drug-likeness (QED) is 0.0890. The lowest BCUT2D eigenvalue weighted by Crippen LogP contribution is -2.32. The van der Waals surface area contributed by atoms with Gasteiger partial charge in [0.25, 0.3) is 0 Å². The lowest BCUT2D eigenvalue weighted by atomic mass is 9.99. The molecule has 200 valence electrons. The Bertz CT molecular complexity index is 1290. The Morgan fingerprint density at radius 2 is 1.92 bits per heavy atom. The first-order valence-electron chi connectivity index (χ1n) is 11.8. The van der Waals surface area contributed by atoms with Gasteiger partial charge in [-0.25, -0.2) is 5.84 Å². The number of allylic oxidation sites excluding steroid dienone is 1. The number of nitrogens with two attached hydrogens (primary N) is 3. The van der Waals surface area contributed by atoms with Crippen molar-refractivity contribution in [1.29, 1.82) is 5.26 Å². The molecule has 0 fully saturated rings. The molecule has 6 N–H and O–H groups in total. The normalized spacial score (nSPS) is 12.1. The highest BCUT2D eigenvalue weighted by Crippen LogP contribution is 2.30. The van der Waals surface area contributed by atoms with E-state index in [0.717, 1.165) is 32.9 Å². The van der Waals surface area contributed by atoms with Crippen LogP contribution in [0.4, 0.5) is 5.69 Å². The Morgan fingerprint density at radius 3 is 2.50 bits per heavy atom. The number of hydrogen-bond donors (Lipinski definition) is 3. The second-order valence-corrected chi connectivity index (χ2v) is 10.4. The Kier molecular flexibility index (Phi) is 12.4. The number of guanidine groups is 1. The van der Waals surface area contributed by atoms with Gasteiger partial charge in [0.1, 0.15) is 6.29 Å². The van der Waals surface area contributed by atoms with Crippen molar-refractivity contribution in [3.63, 3.8) is 0 Å². The highest BCUT2D eigenvalue weighted by Gasteiger charge is 2.17. The number of carbonyl (C=O) groups excluding carboxylic acids is 1. The highest BCUT2D eigenvalue weighted by atomic mass is 32.2. The summed E-state index contributed by atoms with van der Waals surface area (Å²) in [5, 5.41) is 12.7. The third-order valence-corrected chi connectivity index (χ3v) is 7.31. The Balaban J connectivity index is 0.000000638. The zero-order valence-electron chi connectivity index (χ0n) is 22.2. The summed E-state index contributed by atoms with van der Waals surface area (Å²) in [6, 6.07) is 19.6. The molecule has 0 bridgehead atoms. The van der Waals surface area contributed by atoms with Gasteiger partial charge in [0.05, 0.1) is 23.0 Å². The van der Waals surface area contributed by atoms with Crippen LogP contribution in [0.1, 0.15) is 16.9 Å². The summed E-state index contributed by atoms with van der Waals surface area (Å²) in [5.41, 5.74) is 15.3. The average Bonchev–Trinajstić information content (AvgIpc) is 3.43. The zero-order valence-corrected chi connectivity index (χ0v) is 23.8. The molecule has 0 saturated heterocycles. The number of anilines is 1. The molecule has 1 aromatic heterocycles. The molecule has 3 aromatic rings. The lowest BCUT2D eigenvalue weighted by molar-refractivity contribution is -0.111. The monoisotopic (exact) mass is 549 g/mol. The fourth-order valence-electron chi connectivity index (χ4n) is 3.48. The number of aliphatic imine (C=N–C) groups is 1. The van der Waals surface area contributed by atoms with E-state index >= 15 is 0 Å². The van der Waals surface area contributed by atoms with Crippen molar-refractivity contribution < 1.29 is 4.79 Å². The first kappa shape index (κ1) is 30.4. The van der Waals surface area contributed by atoms with Gasteiger partial charge >= 0.3 is 0 Å². The average molecular weight is 550 g/mol. The maximum absolute atomic E-state index is 11.8. The van der Waals surface area contributed by atoms with E-state index < -0.39 is 0 Å². The molecule has 8 nitrogen and oxygen atoms in total. The fraction of sp³-hybridized carbons (Fsp3) is 0.250. The Morgan fingerprint density at radius 1 is 1.18 bits per heavy atom. The molecular formula is C28H35N7OS2. The summed E-state index contributed by atoms with van der Waals surface area (Å²) in [6.45, 7) is 0.